The number of rotatable bonds is 7. The van der Waals surface area contributed by atoms with Gasteiger partial charge in [0.05, 0.1) is 6.10 Å². The Morgan fingerprint density at radius 1 is 1.59 bits per heavy atom. The van der Waals surface area contributed by atoms with Crippen molar-refractivity contribution < 1.29 is 4.74 Å². The van der Waals surface area contributed by atoms with Crippen LogP contribution in [0.4, 0.5) is 0 Å². The average Bonchev–Trinajstić information content (AvgIpc) is 3.01. The van der Waals surface area contributed by atoms with Crippen molar-refractivity contribution in [1.82, 2.24) is 5.32 Å². The van der Waals surface area contributed by atoms with Gasteiger partial charge in [0.1, 0.15) is 0 Å². The molecule has 3 heteroatoms. The minimum atomic E-state index is 0.535. The minimum Gasteiger partial charge on any atom is -0.378 e. The standard InChI is InChI=1S/C14H23NOS/c1-2-15-14(12-8-10-17-11-12)7-3-5-13-6-4-9-16-13/h8,10-11,13-15H,2-7,9H2,1H3. The molecule has 17 heavy (non-hydrogen) atoms. The summed E-state index contributed by atoms with van der Waals surface area (Å²) in [6.45, 7) is 4.20. The first-order valence-electron chi connectivity index (χ1n) is 6.77. The molecule has 96 valence electrons. The molecule has 0 bridgehead atoms. The first-order chi connectivity index (χ1) is 8.40. The molecule has 0 aliphatic carbocycles. The zero-order valence-corrected chi connectivity index (χ0v) is 11.5. The van der Waals surface area contributed by atoms with Gasteiger partial charge in [0.15, 0.2) is 0 Å². The SMILES string of the molecule is CCNC(CCCC1CCCO1)c1ccsc1. The Bertz CT molecular complexity index is 293. The van der Waals surface area contributed by atoms with Crippen molar-refractivity contribution in [2.24, 2.45) is 0 Å². The summed E-state index contributed by atoms with van der Waals surface area (Å²) in [5.41, 5.74) is 1.45. The molecule has 2 atom stereocenters. The van der Waals surface area contributed by atoms with E-state index >= 15 is 0 Å². The molecule has 2 nitrogen and oxygen atoms in total. The van der Waals surface area contributed by atoms with Crippen LogP contribution in [0.5, 0.6) is 0 Å². The van der Waals surface area contributed by atoms with Gasteiger partial charge in [-0.3, -0.25) is 0 Å². The molecule has 1 saturated heterocycles. The summed E-state index contributed by atoms with van der Waals surface area (Å²) in [4.78, 5) is 0. The Morgan fingerprint density at radius 3 is 3.18 bits per heavy atom. The normalized spacial score (nSPS) is 21.8. The van der Waals surface area contributed by atoms with Crippen LogP contribution in [0.25, 0.3) is 0 Å². The summed E-state index contributed by atoms with van der Waals surface area (Å²) in [6.07, 6.45) is 6.78. The molecule has 0 amide bonds. The lowest BCUT2D eigenvalue weighted by molar-refractivity contribution is 0.101. The molecule has 1 aromatic rings. The number of nitrogens with one attached hydrogen (secondary N) is 1. The molecule has 1 aromatic heterocycles. The molecule has 0 saturated carbocycles. The largest absolute Gasteiger partial charge is 0.378 e. The van der Waals surface area contributed by atoms with Crippen molar-refractivity contribution in [2.75, 3.05) is 13.2 Å². The summed E-state index contributed by atoms with van der Waals surface area (Å²) in [5, 5.41) is 8.01. The van der Waals surface area contributed by atoms with E-state index in [0.29, 0.717) is 12.1 Å². The van der Waals surface area contributed by atoms with Crippen molar-refractivity contribution in [2.45, 2.75) is 51.2 Å². The summed E-state index contributed by atoms with van der Waals surface area (Å²) >= 11 is 1.79. The zero-order chi connectivity index (χ0) is 11.9. The third-order valence-corrected chi connectivity index (χ3v) is 4.14. The fourth-order valence-electron chi connectivity index (χ4n) is 2.53. The van der Waals surface area contributed by atoms with E-state index in [1.54, 1.807) is 11.3 Å². The topological polar surface area (TPSA) is 21.3 Å². The molecule has 1 fully saturated rings. The second kappa shape index (κ2) is 7.14. The lowest BCUT2D eigenvalue weighted by atomic mass is 10.0. The van der Waals surface area contributed by atoms with Crippen molar-refractivity contribution in [1.29, 1.82) is 0 Å². The van der Waals surface area contributed by atoms with Gasteiger partial charge in [0.2, 0.25) is 0 Å². The summed E-state index contributed by atoms with van der Waals surface area (Å²) in [5.74, 6) is 0. The molecular formula is C14H23NOS. The Balaban J connectivity index is 1.73. The van der Waals surface area contributed by atoms with E-state index < -0.39 is 0 Å². The quantitative estimate of drug-likeness (QED) is 0.799. The van der Waals surface area contributed by atoms with Crippen LogP contribution in [0.2, 0.25) is 0 Å². The van der Waals surface area contributed by atoms with Crippen LogP contribution in [0, 0.1) is 0 Å². The van der Waals surface area contributed by atoms with Crippen molar-refractivity contribution in [3.8, 4) is 0 Å². The van der Waals surface area contributed by atoms with Crippen molar-refractivity contribution in [3.05, 3.63) is 22.4 Å². The summed E-state index contributed by atoms with van der Waals surface area (Å²) in [7, 11) is 0. The predicted octanol–water partition coefficient (Wildman–Crippen LogP) is 3.75. The van der Waals surface area contributed by atoms with Gasteiger partial charge in [-0.1, -0.05) is 6.92 Å². The molecule has 2 rings (SSSR count). The molecule has 1 N–H and O–H groups in total. The molecule has 0 aromatic carbocycles. The van der Waals surface area contributed by atoms with Gasteiger partial charge in [-0.05, 0) is 61.0 Å². The first kappa shape index (κ1) is 13.1. The third kappa shape index (κ3) is 4.09. The summed E-state index contributed by atoms with van der Waals surface area (Å²) in [6, 6.07) is 2.78. The molecule has 1 aliphatic rings. The number of ether oxygens (including phenoxy) is 1. The van der Waals surface area contributed by atoms with E-state index in [1.165, 1.54) is 37.7 Å². The number of hydrogen-bond donors (Lipinski definition) is 1. The van der Waals surface area contributed by atoms with Gasteiger partial charge >= 0.3 is 0 Å². The van der Waals surface area contributed by atoms with Crippen molar-refractivity contribution in [3.63, 3.8) is 0 Å². The highest BCUT2D eigenvalue weighted by Gasteiger charge is 2.16. The highest BCUT2D eigenvalue weighted by atomic mass is 32.1. The van der Waals surface area contributed by atoms with Gasteiger partial charge in [-0.2, -0.15) is 11.3 Å². The van der Waals surface area contributed by atoms with E-state index in [4.69, 9.17) is 4.74 Å². The minimum absolute atomic E-state index is 0.535. The third-order valence-electron chi connectivity index (χ3n) is 3.44. The van der Waals surface area contributed by atoms with Crippen LogP contribution in [0.15, 0.2) is 16.8 Å². The monoisotopic (exact) mass is 253 g/mol. The van der Waals surface area contributed by atoms with Crippen LogP contribution in [-0.2, 0) is 4.74 Å². The molecular weight excluding hydrogens is 230 g/mol. The van der Waals surface area contributed by atoms with Gasteiger partial charge in [0, 0.05) is 12.6 Å². The van der Waals surface area contributed by atoms with E-state index in [1.807, 2.05) is 0 Å². The lowest BCUT2D eigenvalue weighted by Gasteiger charge is -2.17. The zero-order valence-electron chi connectivity index (χ0n) is 10.7. The Hall–Kier alpha value is -0.380. The fourth-order valence-corrected chi connectivity index (χ4v) is 3.24. The van der Waals surface area contributed by atoms with E-state index in [2.05, 4.69) is 29.1 Å². The molecule has 1 aliphatic heterocycles. The average molecular weight is 253 g/mol. The van der Waals surface area contributed by atoms with Crippen LogP contribution < -0.4 is 5.32 Å². The first-order valence-corrected chi connectivity index (χ1v) is 7.71. The van der Waals surface area contributed by atoms with E-state index in [0.717, 1.165) is 13.2 Å². The molecule has 2 heterocycles. The Morgan fingerprint density at radius 2 is 2.53 bits per heavy atom. The maximum Gasteiger partial charge on any atom is 0.0576 e. The van der Waals surface area contributed by atoms with E-state index in [9.17, 15) is 0 Å². The smallest absolute Gasteiger partial charge is 0.0576 e. The van der Waals surface area contributed by atoms with Crippen LogP contribution in [-0.4, -0.2) is 19.3 Å². The molecule has 0 radical (unpaired) electrons. The maximum absolute atomic E-state index is 5.67. The Kier molecular flexibility index (Phi) is 5.49. The van der Waals surface area contributed by atoms with Crippen LogP contribution in [0.1, 0.15) is 50.6 Å². The lowest BCUT2D eigenvalue weighted by Crippen LogP contribution is -2.20. The van der Waals surface area contributed by atoms with Crippen LogP contribution >= 0.6 is 11.3 Å². The number of thiophene rings is 1. The van der Waals surface area contributed by atoms with Crippen molar-refractivity contribution >= 4 is 11.3 Å². The fraction of sp³-hybridized carbons (Fsp3) is 0.714. The number of hydrogen-bond acceptors (Lipinski definition) is 3. The van der Waals surface area contributed by atoms with E-state index in [-0.39, 0.29) is 0 Å². The predicted molar refractivity (Wildman–Crippen MR) is 73.6 cm³/mol. The highest BCUT2D eigenvalue weighted by molar-refractivity contribution is 7.07. The van der Waals surface area contributed by atoms with Gasteiger partial charge in [-0.15, -0.1) is 0 Å². The Labute approximate surface area is 108 Å². The second-order valence-corrected chi connectivity index (χ2v) is 5.51. The molecule has 0 spiro atoms. The summed E-state index contributed by atoms with van der Waals surface area (Å²) < 4.78 is 5.67. The van der Waals surface area contributed by atoms with Gasteiger partial charge in [-0.25, -0.2) is 0 Å². The maximum atomic E-state index is 5.67. The second-order valence-electron chi connectivity index (χ2n) is 4.73. The van der Waals surface area contributed by atoms with Crippen LogP contribution in [0.3, 0.4) is 0 Å². The molecule has 2 unspecified atom stereocenters. The highest BCUT2D eigenvalue weighted by Crippen LogP contribution is 2.24. The van der Waals surface area contributed by atoms with Gasteiger partial charge < -0.3 is 10.1 Å². The van der Waals surface area contributed by atoms with Gasteiger partial charge in [0.25, 0.3) is 0 Å².